The van der Waals surface area contributed by atoms with Gasteiger partial charge in [0.2, 0.25) is 9.70 Å². The van der Waals surface area contributed by atoms with E-state index in [1.54, 1.807) is 0 Å². The van der Waals surface area contributed by atoms with Gasteiger partial charge in [0.25, 0.3) is 0 Å². The monoisotopic (exact) mass is 319 g/mol. The molecule has 0 saturated heterocycles. The van der Waals surface area contributed by atoms with E-state index < -0.39 is 21.7 Å². The van der Waals surface area contributed by atoms with E-state index in [2.05, 4.69) is 5.32 Å². The number of ketones is 1. The summed E-state index contributed by atoms with van der Waals surface area (Å²) in [5.74, 6) is -1.08. The third-order valence-corrected chi connectivity index (χ3v) is 3.74. The highest BCUT2D eigenvalue weighted by atomic mass is 35.6. The van der Waals surface area contributed by atoms with Crippen LogP contribution in [0.4, 0.5) is 0 Å². The number of carbonyl (C=O) groups is 2. The predicted molar refractivity (Wildman–Crippen MR) is 69.9 cm³/mol. The Bertz CT molecular complexity index is 303. The zero-order chi connectivity index (χ0) is 13.1. The van der Waals surface area contributed by atoms with E-state index >= 15 is 0 Å². The van der Waals surface area contributed by atoms with Crippen molar-refractivity contribution in [1.29, 1.82) is 0 Å². The molecule has 1 amide bonds. The van der Waals surface area contributed by atoms with E-state index in [1.807, 2.05) is 0 Å². The van der Waals surface area contributed by atoms with Crippen LogP contribution < -0.4 is 5.32 Å². The fourth-order valence-corrected chi connectivity index (χ4v) is 2.68. The average molecular weight is 321 g/mol. The van der Waals surface area contributed by atoms with Crippen molar-refractivity contribution in [2.75, 3.05) is 5.88 Å². The maximum atomic E-state index is 11.8. The van der Waals surface area contributed by atoms with Gasteiger partial charge in [-0.1, -0.05) is 41.2 Å². The molecule has 0 radical (unpaired) electrons. The first kappa shape index (κ1) is 15.4. The SMILES string of the molecule is O=C(CCl)N[C@H]([C@@H]1CCCCC1=O)C(Cl)(Cl)Cl. The number of halogens is 4. The lowest BCUT2D eigenvalue weighted by Gasteiger charge is -2.34. The molecule has 0 aromatic heterocycles. The molecule has 0 aliphatic heterocycles. The van der Waals surface area contributed by atoms with Gasteiger partial charge >= 0.3 is 0 Å². The van der Waals surface area contributed by atoms with Gasteiger partial charge in [-0.3, -0.25) is 9.59 Å². The topological polar surface area (TPSA) is 46.2 Å². The molecule has 7 heteroatoms. The number of amides is 1. The van der Waals surface area contributed by atoms with Crippen LogP contribution in [0.5, 0.6) is 0 Å². The van der Waals surface area contributed by atoms with Crippen molar-refractivity contribution in [2.24, 2.45) is 5.92 Å². The average Bonchev–Trinajstić information content (AvgIpc) is 2.25. The second-order valence-corrected chi connectivity index (χ2v) is 6.68. The largest absolute Gasteiger partial charge is 0.347 e. The molecule has 1 aliphatic carbocycles. The molecule has 0 aromatic rings. The molecule has 0 bridgehead atoms. The summed E-state index contributed by atoms with van der Waals surface area (Å²) in [6.07, 6.45) is 2.84. The van der Waals surface area contributed by atoms with Crippen LogP contribution in [0.2, 0.25) is 0 Å². The van der Waals surface area contributed by atoms with E-state index in [4.69, 9.17) is 46.4 Å². The van der Waals surface area contributed by atoms with E-state index in [0.717, 1.165) is 12.8 Å². The molecular weight excluding hydrogens is 308 g/mol. The zero-order valence-electron chi connectivity index (χ0n) is 9.02. The van der Waals surface area contributed by atoms with Crippen LogP contribution in [0, 0.1) is 5.92 Å². The van der Waals surface area contributed by atoms with E-state index in [0.29, 0.717) is 12.8 Å². The van der Waals surface area contributed by atoms with E-state index in [9.17, 15) is 9.59 Å². The molecule has 3 nitrogen and oxygen atoms in total. The van der Waals surface area contributed by atoms with Crippen molar-refractivity contribution in [3.05, 3.63) is 0 Å². The molecule has 0 aromatic carbocycles. The van der Waals surface area contributed by atoms with Gasteiger partial charge in [-0.2, -0.15) is 0 Å². The molecule has 2 atom stereocenters. The van der Waals surface area contributed by atoms with Crippen molar-refractivity contribution in [3.63, 3.8) is 0 Å². The molecule has 1 aliphatic rings. The fourth-order valence-electron chi connectivity index (χ4n) is 1.98. The molecule has 0 unspecified atom stereocenters. The van der Waals surface area contributed by atoms with Gasteiger partial charge in [-0.05, 0) is 12.8 Å². The van der Waals surface area contributed by atoms with Crippen LogP contribution in [-0.2, 0) is 9.59 Å². The molecule has 0 heterocycles. The first-order valence-corrected chi connectivity index (χ1v) is 6.98. The Morgan fingerprint density at radius 3 is 2.53 bits per heavy atom. The van der Waals surface area contributed by atoms with Gasteiger partial charge in [-0.15, -0.1) is 11.6 Å². The summed E-state index contributed by atoms with van der Waals surface area (Å²) in [7, 11) is 0. The summed E-state index contributed by atoms with van der Waals surface area (Å²) in [5, 5.41) is 2.52. The minimum atomic E-state index is -1.71. The zero-order valence-corrected chi connectivity index (χ0v) is 12.0. The van der Waals surface area contributed by atoms with Crippen LogP contribution in [-0.4, -0.2) is 27.4 Å². The minimum absolute atomic E-state index is 0.0300. The second kappa shape index (κ2) is 6.46. The third kappa shape index (κ3) is 4.47. The normalized spacial score (nSPS) is 23.3. The van der Waals surface area contributed by atoms with Crippen LogP contribution in [0.15, 0.2) is 0 Å². The molecule has 17 heavy (non-hydrogen) atoms. The number of nitrogens with one attached hydrogen (secondary N) is 1. The highest BCUT2D eigenvalue weighted by molar-refractivity contribution is 6.68. The van der Waals surface area contributed by atoms with Crippen molar-refractivity contribution in [3.8, 4) is 0 Å². The van der Waals surface area contributed by atoms with Gasteiger partial charge in [0.1, 0.15) is 11.7 Å². The Kier molecular flexibility index (Phi) is 5.84. The Morgan fingerprint density at radius 2 is 2.06 bits per heavy atom. The molecule has 1 N–H and O–H groups in total. The van der Waals surface area contributed by atoms with Gasteiger partial charge in [0.15, 0.2) is 0 Å². The Morgan fingerprint density at radius 1 is 1.41 bits per heavy atom. The Balaban J connectivity index is 2.81. The molecule has 1 fully saturated rings. The maximum absolute atomic E-state index is 11.8. The summed E-state index contributed by atoms with van der Waals surface area (Å²) in [6, 6.07) is -0.813. The van der Waals surface area contributed by atoms with Crippen LogP contribution in [0.25, 0.3) is 0 Å². The van der Waals surface area contributed by atoms with Crippen molar-refractivity contribution in [2.45, 2.75) is 35.5 Å². The maximum Gasteiger partial charge on any atom is 0.235 e. The highest BCUT2D eigenvalue weighted by Crippen LogP contribution is 2.38. The number of rotatable bonds is 3. The number of hydrogen-bond acceptors (Lipinski definition) is 2. The minimum Gasteiger partial charge on any atom is -0.347 e. The first-order valence-electron chi connectivity index (χ1n) is 5.31. The highest BCUT2D eigenvalue weighted by Gasteiger charge is 2.43. The van der Waals surface area contributed by atoms with Crippen molar-refractivity contribution < 1.29 is 9.59 Å². The lowest BCUT2D eigenvalue weighted by Crippen LogP contribution is -2.52. The van der Waals surface area contributed by atoms with Gasteiger partial charge < -0.3 is 5.32 Å². The number of alkyl halides is 4. The van der Waals surface area contributed by atoms with Gasteiger partial charge in [-0.25, -0.2) is 0 Å². The van der Waals surface area contributed by atoms with E-state index in [1.165, 1.54) is 0 Å². The first-order chi connectivity index (χ1) is 7.86. The smallest absolute Gasteiger partial charge is 0.235 e. The molecule has 1 rings (SSSR count). The molecular formula is C10H13Cl4NO2. The summed E-state index contributed by atoms with van der Waals surface area (Å²) < 4.78 is -1.71. The number of Topliss-reactive ketones (excluding diaryl/α,β-unsaturated/α-hetero) is 1. The number of carbonyl (C=O) groups excluding carboxylic acids is 2. The van der Waals surface area contributed by atoms with Gasteiger partial charge in [0, 0.05) is 12.3 Å². The van der Waals surface area contributed by atoms with Crippen molar-refractivity contribution in [1.82, 2.24) is 5.32 Å². The van der Waals surface area contributed by atoms with Crippen LogP contribution >= 0.6 is 46.4 Å². The van der Waals surface area contributed by atoms with Crippen LogP contribution in [0.3, 0.4) is 0 Å². The summed E-state index contributed by atoms with van der Waals surface area (Å²) >= 11 is 22.9. The summed E-state index contributed by atoms with van der Waals surface area (Å²) in [6.45, 7) is 0. The van der Waals surface area contributed by atoms with Crippen molar-refractivity contribution >= 4 is 58.1 Å². The van der Waals surface area contributed by atoms with Crippen LogP contribution in [0.1, 0.15) is 25.7 Å². The lowest BCUT2D eigenvalue weighted by molar-refractivity contribution is -0.126. The molecule has 1 saturated carbocycles. The Labute approximate surface area is 120 Å². The molecule has 0 spiro atoms. The Hall–Kier alpha value is 0.300. The van der Waals surface area contributed by atoms with Gasteiger partial charge in [0.05, 0.1) is 6.04 Å². The predicted octanol–water partition coefficient (Wildman–Crippen LogP) is 2.84. The molecule has 98 valence electrons. The standard InChI is InChI=1S/C10H13Cl4NO2/c11-5-8(17)15-9(10(12,13)14)6-3-1-2-4-7(6)16/h6,9H,1-5H2,(H,15,17)/t6-,9-/m1/s1. The fraction of sp³-hybridized carbons (Fsp3) is 0.800. The summed E-state index contributed by atoms with van der Waals surface area (Å²) in [5.41, 5.74) is 0. The lowest BCUT2D eigenvalue weighted by atomic mass is 9.83. The van der Waals surface area contributed by atoms with E-state index in [-0.39, 0.29) is 11.7 Å². The quantitative estimate of drug-likeness (QED) is 0.813. The second-order valence-electron chi connectivity index (χ2n) is 4.04. The number of hydrogen-bond donors (Lipinski definition) is 1. The summed E-state index contributed by atoms with van der Waals surface area (Å²) in [4.78, 5) is 23.1. The third-order valence-electron chi connectivity index (χ3n) is 2.79.